The molecule has 2 aromatic heterocycles. The summed E-state index contributed by atoms with van der Waals surface area (Å²) in [5.41, 5.74) is 1.64. The average molecular weight is 299 g/mol. The van der Waals surface area contributed by atoms with Gasteiger partial charge in [-0.25, -0.2) is 0 Å². The maximum Gasteiger partial charge on any atom is 0.282 e. The molecule has 0 amide bonds. The van der Waals surface area contributed by atoms with Gasteiger partial charge >= 0.3 is 0 Å². The van der Waals surface area contributed by atoms with Crippen molar-refractivity contribution in [3.8, 4) is 11.3 Å². The number of nitro groups is 1. The molecule has 0 fully saturated rings. The van der Waals surface area contributed by atoms with E-state index in [1.54, 1.807) is 13.3 Å². The Balaban J connectivity index is 2.26. The Morgan fingerprint density at radius 2 is 2.09 bits per heavy atom. The molecule has 0 radical (unpaired) electrons. The molecule has 2 heterocycles. The van der Waals surface area contributed by atoms with Crippen molar-refractivity contribution in [3.63, 3.8) is 0 Å². The maximum atomic E-state index is 12.1. The highest BCUT2D eigenvalue weighted by atomic mass is 16.6. The summed E-state index contributed by atoms with van der Waals surface area (Å²) in [4.78, 5) is 10.4. The van der Waals surface area contributed by atoms with Crippen LogP contribution in [0.1, 0.15) is 0 Å². The van der Waals surface area contributed by atoms with Gasteiger partial charge in [-0.2, -0.15) is 4.73 Å². The van der Waals surface area contributed by atoms with Gasteiger partial charge in [-0.3, -0.25) is 10.1 Å². The zero-order valence-electron chi connectivity index (χ0n) is 11.8. The van der Waals surface area contributed by atoms with Gasteiger partial charge in [-0.05, 0) is 6.07 Å². The third-order valence-corrected chi connectivity index (χ3v) is 3.45. The fourth-order valence-corrected chi connectivity index (χ4v) is 2.48. The summed E-state index contributed by atoms with van der Waals surface area (Å²) in [7, 11) is 1.58. The Morgan fingerprint density at radius 3 is 2.82 bits per heavy atom. The highest BCUT2D eigenvalue weighted by Crippen LogP contribution is 2.30. The van der Waals surface area contributed by atoms with Crippen molar-refractivity contribution >= 4 is 16.6 Å². The second kappa shape index (κ2) is 5.45. The molecule has 0 N–H and O–H groups in total. The zero-order valence-corrected chi connectivity index (χ0v) is 11.8. The van der Waals surface area contributed by atoms with Gasteiger partial charge < -0.3 is 14.5 Å². The normalized spacial score (nSPS) is 11.0. The minimum absolute atomic E-state index is 0.120. The Morgan fingerprint density at radius 1 is 1.32 bits per heavy atom. The minimum Gasteiger partial charge on any atom is -0.618 e. The summed E-state index contributed by atoms with van der Waals surface area (Å²) in [5.74, 6) is 0. The van der Waals surface area contributed by atoms with E-state index in [0.717, 1.165) is 17.1 Å². The van der Waals surface area contributed by atoms with Crippen LogP contribution in [0.25, 0.3) is 22.2 Å². The molecule has 3 rings (SSSR count). The first-order valence-corrected chi connectivity index (χ1v) is 6.56. The van der Waals surface area contributed by atoms with E-state index in [9.17, 15) is 15.3 Å². The van der Waals surface area contributed by atoms with E-state index in [1.165, 1.54) is 12.1 Å². The van der Waals surface area contributed by atoms with Crippen molar-refractivity contribution in [1.29, 1.82) is 0 Å². The lowest BCUT2D eigenvalue weighted by molar-refractivity contribution is -0.594. The van der Waals surface area contributed by atoms with E-state index < -0.39 is 4.92 Å². The molecule has 0 bridgehead atoms. The molecule has 0 unspecified atom stereocenters. The number of hydrogen-bond donors (Lipinski definition) is 0. The van der Waals surface area contributed by atoms with Crippen LogP contribution in [0, 0.1) is 15.3 Å². The molecular formula is C15H13N3O4. The lowest BCUT2D eigenvalue weighted by Crippen LogP contribution is -2.28. The predicted molar refractivity (Wildman–Crippen MR) is 80.0 cm³/mol. The first-order valence-electron chi connectivity index (χ1n) is 6.56. The average Bonchev–Trinajstić information content (AvgIpc) is 2.87. The Bertz CT molecular complexity index is 857. The van der Waals surface area contributed by atoms with Crippen LogP contribution in [0.3, 0.4) is 0 Å². The number of hydrogen-bond acceptors (Lipinski definition) is 4. The number of ether oxygens (including phenoxy) is 1. The van der Waals surface area contributed by atoms with Crippen molar-refractivity contribution in [2.45, 2.75) is 6.73 Å². The molecule has 0 aliphatic heterocycles. The number of fused-ring (bicyclic) bond motifs is 1. The number of benzene rings is 1. The quantitative estimate of drug-likeness (QED) is 0.320. The van der Waals surface area contributed by atoms with Crippen molar-refractivity contribution in [3.05, 3.63) is 64.1 Å². The number of aromatic nitrogens is 2. The summed E-state index contributed by atoms with van der Waals surface area (Å²) in [6, 6.07) is 9.99. The topological polar surface area (TPSA) is 84.2 Å². The van der Waals surface area contributed by atoms with Crippen LogP contribution in [-0.2, 0) is 11.5 Å². The number of nitrogens with zero attached hydrogens (tertiary/aromatic N) is 3. The van der Waals surface area contributed by atoms with Gasteiger partial charge in [0.25, 0.3) is 5.69 Å². The van der Waals surface area contributed by atoms with Crippen molar-refractivity contribution < 1.29 is 14.4 Å². The fraction of sp³-hybridized carbons (Fsp3) is 0.133. The third-order valence-electron chi connectivity index (χ3n) is 3.45. The van der Waals surface area contributed by atoms with E-state index in [1.807, 2.05) is 28.8 Å². The molecule has 7 nitrogen and oxygen atoms in total. The predicted octanol–water partition coefficient (Wildman–Crippen LogP) is 2.45. The molecule has 112 valence electrons. The van der Waals surface area contributed by atoms with E-state index in [4.69, 9.17) is 4.74 Å². The Kier molecular flexibility index (Phi) is 3.48. The first-order chi connectivity index (χ1) is 10.6. The van der Waals surface area contributed by atoms with E-state index in [0.29, 0.717) is 17.0 Å². The van der Waals surface area contributed by atoms with Crippen LogP contribution < -0.4 is 4.73 Å². The number of para-hydroxylation sites is 1. The summed E-state index contributed by atoms with van der Waals surface area (Å²) in [5, 5.41) is 23.8. The van der Waals surface area contributed by atoms with Gasteiger partial charge in [0.1, 0.15) is 6.73 Å². The lowest BCUT2D eigenvalue weighted by atomic mass is 10.1. The highest BCUT2D eigenvalue weighted by Gasteiger charge is 2.20. The molecule has 22 heavy (non-hydrogen) atoms. The minimum atomic E-state index is -0.516. The van der Waals surface area contributed by atoms with Gasteiger partial charge in [0.15, 0.2) is 6.20 Å². The van der Waals surface area contributed by atoms with E-state index in [-0.39, 0.29) is 11.4 Å². The second-order valence-electron chi connectivity index (χ2n) is 4.80. The van der Waals surface area contributed by atoms with Crippen LogP contribution in [0.5, 0.6) is 0 Å². The maximum absolute atomic E-state index is 12.1. The summed E-state index contributed by atoms with van der Waals surface area (Å²) in [6.07, 6.45) is 2.91. The molecule has 0 spiro atoms. The largest absolute Gasteiger partial charge is 0.618 e. The molecule has 0 saturated carbocycles. The van der Waals surface area contributed by atoms with Crippen LogP contribution in [0.4, 0.5) is 5.69 Å². The summed E-state index contributed by atoms with van der Waals surface area (Å²) in [6.45, 7) is 0.328. The van der Waals surface area contributed by atoms with Crippen molar-refractivity contribution in [2.75, 3.05) is 7.11 Å². The number of rotatable bonds is 4. The monoisotopic (exact) mass is 299 g/mol. The molecule has 0 atom stereocenters. The molecular weight excluding hydrogens is 286 g/mol. The van der Waals surface area contributed by atoms with Gasteiger partial charge in [-0.1, -0.05) is 18.2 Å². The van der Waals surface area contributed by atoms with Crippen molar-refractivity contribution in [2.24, 2.45) is 0 Å². The second-order valence-corrected chi connectivity index (χ2v) is 4.80. The standard InChI is InChI=1S/C15H13N3O4/c1-22-10-16-9-13(12-4-2-3-5-14(12)16)15-8-11(18(20)21)6-7-17(15)19/h2-9H,10H2,1H3. The Hall–Kier alpha value is -2.93. The number of pyridine rings is 1. The third kappa shape index (κ3) is 2.27. The lowest BCUT2D eigenvalue weighted by Gasteiger charge is -2.03. The molecule has 1 aromatic carbocycles. The molecule has 0 saturated heterocycles. The molecule has 0 aliphatic carbocycles. The highest BCUT2D eigenvalue weighted by molar-refractivity contribution is 5.94. The van der Waals surface area contributed by atoms with Crippen LogP contribution in [0.2, 0.25) is 0 Å². The summed E-state index contributed by atoms with van der Waals surface area (Å²) >= 11 is 0. The first kappa shape index (κ1) is 14.0. The molecule has 0 aliphatic rings. The fourth-order valence-electron chi connectivity index (χ4n) is 2.48. The zero-order chi connectivity index (χ0) is 15.7. The molecule has 3 aromatic rings. The Labute approximate surface area is 125 Å². The van der Waals surface area contributed by atoms with E-state index >= 15 is 0 Å². The van der Waals surface area contributed by atoms with Crippen LogP contribution >= 0.6 is 0 Å². The van der Waals surface area contributed by atoms with Gasteiger partial charge in [0, 0.05) is 18.7 Å². The van der Waals surface area contributed by atoms with Crippen LogP contribution in [-0.4, -0.2) is 16.6 Å². The molecule has 7 heteroatoms. The summed E-state index contributed by atoms with van der Waals surface area (Å²) < 4.78 is 7.63. The van der Waals surface area contributed by atoms with Crippen LogP contribution in [0.15, 0.2) is 48.8 Å². The van der Waals surface area contributed by atoms with Crippen molar-refractivity contribution in [1.82, 2.24) is 4.57 Å². The van der Waals surface area contributed by atoms with Gasteiger partial charge in [0.05, 0.1) is 28.1 Å². The smallest absolute Gasteiger partial charge is 0.282 e. The van der Waals surface area contributed by atoms with E-state index in [2.05, 4.69) is 0 Å². The number of methoxy groups -OCH3 is 1. The van der Waals surface area contributed by atoms with Gasteiger partial charge in [-0.15, -0.1) is 0 Å². The SMILES string of the molecule is COCn1cc(-c2cc([N+](=O)[O-])cc[n+]2[O-])c2ccccc21. The van der Waals surface area contributed by atoms with Gasteiger partial charge in [0.2, 0.25) is 5.69 Å².